The molecule has 0 radical (unpaired) electrons. The Morgan fingerprint density at radius 3 is 2.77 bits per heavy atom. The summed E-state index contributed by atoms with van der Waals surface area (Å²) in [4.78, 5) is 26.5. The average molecular weight is 332 g/mol. The van der Waals surface area contributed by atoms with Gasteiger partial charge in [0.05, 0.1) is 11.4 Å². The van der Waals surface area contributed by atoms with Gasteiger partial charge in [-0.1, -0.05) is 30.3 Å². The molecule has 1 aromatic heterocycles. The molecule has 1 N–H and O–H groups in total. The van der Waals surface area contributed by atoms with Crippen LogP contribution in [0.4, 0.5) is 0 Å². The fraction of sp³-hybridized carbons (Fsp3) is 0.250. The summed E-state index contributed by atoms with van der Waals surface area (Å²) in [6, 6.07) is 11.2. The van der Waals surface area contributed by atoms with Crippen molar-refractivity contribution < 1.29 is 9.59 Å². The minimum atomic E-state index is -0.388. The van der Waals surface area contributed by atoms with Crippen LogP contribution in [0.5, 0.6) is 0 Å². The number of hydrogen-bond donors (Lipinski definition) is 1. The SMILES string of the molecule is O=C(NCc1ccccc1)C1CSCN1C(=O)c1ccsc1. The van der Waals surface area contributed by atoms with Gasteiger partial charge in [0.1, 0.15) is 6.04 Å². The zero-order valence-corrected chi connectivity index (χ0v) is 13.5. The Morgan fingerprint density at radius 2 is 2.05 bits per heavy atom. The smallest absolute Gasteiger partial charge is 0.256 e. The Kier molecular flexibility index (Phi) is 4.80. The molecule has 2 aromatic rings. The van der Waals surface area contributed by atoms with Crippen molar-refractivity contribution in [3.05, 3.63) is 58.3 Å². The Hall–Kier alpha value is -1.79. The molecule has 0 bridgehead atoms. The second kappa shape index (κ2) is 6.98. The van der Waals surface area contributed by atoms with Crippen LogP contribution in [-0.2, 0) is 11.3 Å². The first-order valence-corrected chi connectivity index (χ1v) is 9.08. The lowest BCUT2D eigenvalue weighted by Gasteiger charge is -2.22. The van der Waals surface area contributed by atoms with E-state index in [0.29, 0.717) is 23.7 Å². The van der Waals surface area contributed by atoms with Gasteiger partial charge in [0.25, 0.3) is 5.91 Å². The van der Waals surface area contributed by atoms with Gasteiger partial charge in [0, 0.05) is 17.7 Å². The van der Waals surface area contributed by atoms with E-state index in [1.165, 1.54) is 11.3 Å². The van der Waals surface area contributed by atoms with E-state index < -0.39 is 0 Å². The molecule has 1 atom stereocenters. The molecular weight excluding hydrogens is 316 g/mol. The van der Waals surface area contributed by atoms with Gasteiger partial charge in [-0.3, -0.25) is 9.59 Å². The minimum Gasteiger partial charge on any atom is -0.350 e. The van der Waals surface area contributed by atoms with Crippen molar-refractivity contribution in [3.8, 4) is 0 Å². The number of amides is 2. The van der Waals surface area contributed by atoms with Gasteiger partial charge in [0.15, 0.2) is 0 Å². The molecule has 1 aliphatic rings. The van der Waals surface area contributed by atoms with E-state index in [-0.39, 0.29) is 17.9 Å². The number of nitrogens with zero attached hydrogens (tertiary/aromatic N) is 1. The maximum Gasteiger partial charge on any atom is 0.256 e. The van der Waals surface area contributed by atoms with Crippen molar-refractivity contribution in [1.82, 2.24) is 10.2 Å². The number of rotatable bonds is 4. The summed E-state index contributed by atoms with van der Waals surface area (Å²) < 4.78 is 0. The summed E-state index contributed by atoms with van der Waals surface area (Å²) in [5.41, 5.74) is 1.71. The highest BCUT2D eigenvalue weighted by atomic mass is 32.2. The predicted octanol–water partition coefficient (Wildman–Crippen LogP) is 2.58. The molecule has 3 rings (SSSR count). The van der Waals surface area contributed by atoms with Gasteiger partial charge in [-0.25, -0.2) is 0 Å². The first-order valence-electron chi connectivity index (χ1n) is 6.98. The van der Waals surface area contributed by atoms with Crippen molar-refractivity contribution >= 4 is 34.9 Å². The molecular formula is C16H16N2O2S2. The average Bonchev–Trinajstić information content (AvgIpc) is 3.24. The number of carbonyl (C=O) groups excluding carboxylic acids is 2. The summed E-state index contributed by atoms with van der Waals surface area (Å²) in [6.07, 6.45) is 0. The maximum absolute atomic E-state index is 12.4. The molecule has 1 unspecified atom stereocenters. The number of nitrogens with one attached hydrogen (secondary N) is 1. The zero-order valence-electron chi connectivity index (χ0n) is 11.9. The summed E-state index contributed by atoms with van der Waals surface area (Å²) in [5, 5.41) is 6.63. The first kappa shape index (κ1) is 15.1. The fourth-order valence-electron chi connectivity index (χ4n) is 2.31. The standard InChI is InChI=1S/C16H16N2O2S2/c19-15(17-8-12-4-2-1-3-5-12)14-10-22-11-18(14)16(20)13-6-7-21-9-13/h1-7,9,14H,8,10-11H2,(H,17,19). The maximum atomic E-state index is 12.4. The molecule has 1 aromatic carbocycles. The molecule has 0 aliphatic carbocycles. The summed E-state index contributed by atoms with van der Waals surface area (Å²) in [5.74, 6) is 1.07. The van der Waals surface area contributed by atoms with Crippen molar-refractivity contribution in [1.29, 1.82) is 0 Å². The van der Waals surface area contributed by atoms with Crippen LogP contribution >= 0.6 is 23.1 Å². The Balaban J connectivity index is 1.62. The van der Waals surface area contributed by atoms with E-state index in [4.69, 9.17) is 0 Å². The summed E-state index contributed by atoms with van der Waals surface area (Å²) >= 11 is 3.10. The Morgan fingerprint density at radius 1 is 1.23 bits per heavy atom. The molecule has 2 heterocycles. The van der Waals surface area contributed by atoms with E-state index in [0.717, 1.165) is 5.56 Å². The van der Waals surface area contributed by atoms with Crippen LogP contribution in [0.1, 0.15) is 15.9 Å². The van der Waals surface area contributed by atoms with E-state index in [1.807, 2.05) is 41.1 Å². The van der Waals surface area contributed by atoms with Gasteiger partial charge >= 0.3 is 0 Å². The third-order valence-electron chi connectivity index (χ3n) is 3.52. The number of thioether (sulfide) groups is 1. The van der Waals surface area contributed by atoms with Gasteiger partial charge in [0.2, 0.25) is 5.91 Å². The lowest BCUT2D eigenvalue weighted by atomic mass is 10.2. The van der Waals surface area contributed by atoms with Crippen LogP contribution in [0.2, 0.25) is 0 Å². The van der Waals surface area contributed by atoms with E-state index in [9.17, 15) is 9.59 Å². The second-order valence-electron chi connectivity index (χ2n) is 5.01. The Labute approximate surface area is 137 Å². The summed E-state index contributed by atoms with van der Waals surface area (Å²) in [7, 11) is 0. The number of hydrogen-bond acceptors (Lipinski definition) is 4. The highest BCUT2D eigenvalue weighted by Gasteiger charge is 2.35. The zero-order chi connectivity index (χ0) is 15.4. The molecule has 22 heavy (non-hydrogen) atoms. The molecule has 2 amide bonds. The number of carbonyl (C=O) groups is 2. The predicted molar refractivity (Wildman–Crippen MR) is 89.9 cm³/mol. The molecule has 0 saturated carbocycles. The number of thiophene rings is 1. The quantitative estimate of drug-likeness (QED) is 0.936. The third-order valence-corrected chi connectivity index (χ3v) is 5.22. The van der Waals surface area contributed by atoms with Gasteiger partial charge in [-0.15, -0.1) is 11.8 Å². The molecule has 1 aliphatic heterocycles. The van der Waals surface area contributed by atoms with E-state index in [2.05, 4.69) is 5.32 Å². The van der Waals surface area contributed by atoms with Gasteiger partial charge in [-0.05, 0) is 17.0 Å². The number of benzene rings is 1. The second-order valence-corrected chi connectivity index (χ2v) is 6.79. The molecule has 4 nitrogen and oxygen atoms in total. The fourth-order valence-corrected chi connectivity index (χ4v) is 4.10. The summed E-state index contributed by atoms with van der Waals surface area (Å²) in [6.45, 7) is 0.487. The van der Waals surface area contributed by atoms with Gasteiger partial charge in [-0.2, -0.15) is 11.3 Å². The van der Waals surface area contributed by atoms with Crippen LogP contribution in [0, 0.1) is 0 Å². The van der Waals surface area contributed by atoms with Gasteiger partial charge < -0.3 is 10.2 Å². The third kappa shape index (κ3) is 3.34. The van der Waals surface area contributed by atoms with Crippen LogP contribution in [0.25, 0.3) is 0 Å². The molecule has 6 heteroatoms. The first-order chi connectivity index (χ1) is 10.8. The van der Waals surface area contributed by atoms with E-state index >= 15 is 0 Å². The normalized spacial score (nSPS) is 17.5. The van der Waals surface area contributed by atoms with Crippen LogP contribution in [-0.4, -0.2) is 34.4 Å². The van der Waals surface area contributed by atoms with Crippen molar-refractivity contribution in [2.45, 2.75) is 12.6 Å². The van der Waals surface area contributed by atoms with Crippen molar-refractivity contribution in [3.63, 3.8) is 0 Å². The molecule has 1 fully saturated rings. The topological polar surface area (TPSA) is 49.4 Å². The van der Waals surface area contributed by atoms with Crippen LogP contribution in [0.15, 0.2) is 47.2 Å². The Bertz CT molecular complexity index is 643. The van der Waals surface area contributed by atoms with Crippen molar-refractivity contribution in [2.75, 3.05) is 11.6 Å². The van der Waals surface area contributed by atoms with Crippen molar-refractivity contribution in [2.24, 2.45) is 0 Å². The molecule has 1 saturated heterocycles. The molecule has 114 valence electrons. The van der Waals surface area contributed by atoms with Crippen LogP contribution in [0.3, 0.4) is 0 Å². The lowest BCUT2D eigenvalue weighted by Crippen LogP contribution is -2.47. The highest BCUT2D eigenvalue weighted by Crippen LogP contribution is 2.24. The minimum absolute atomic E-state index is 0.0638. The lowest BCUT2D eigenvalue weighted by molar-refractivity contribution is -0.124. The monoisotopic (exact) mass is 332 g/mol. The van der Waals surface area contributed by atoms with Crippen LogP contribution < -0.4 is 5.32 Å². The molecule has 0 spiro atoms. The van der Waals surface area contributed by atoms with E-state index in [1.54, 1.807) is 22.7 Å². The highest BCUT2D eigenvalue weighted by molar-refractivity contribution is 7.99. The largest absolute Gasteiger partial charge is 0.350 e.